The standard InChI is InChI=1S/C25H29N11O.2C24H27N11O.C23H25N11O.2C2H6/c1-15-13-35(10-9-33(15)3)22-11-17(7-8-26-22)23-19-12-18(5-6-21(19)28-29-23)27-24(37)20-14-36-25(30-31-32-36)34(4)16(20)2;1-15-19(14-35-24(33(15)3)29-30-31-35)23(36)26-17-4-5-20-18(13-17)22(28-27-20)16-6-7-25-21(12-16)34-10-8-32(2)9-11-34;1-14-12-34(9-8-25-14)21-10-16(6-7-26-21)22-18-11-17(4-5-20(18)28-29-22)27-23(36)19-13-35-24(30-31-32-35)33(3)15(19)2;1-14-18(13-34-23(32(14)2)29-30-31-34)22(35)26-16-3-4-19-17(12-16)21(28-27-19)15-5-6-25-20(11-15)33-9-7-24-8-10-33;2*1-2/h5-8,11-12,15H,9-10,13-14H2,1-4H3,(H,27,37)(H,28,29);4-7,12-13H,8-11,14H2,1-3H3,(H,26,36)(H,27,28);4-7,10-11,14,25H,8-9,12-13H2,1-3H3,(H,27,36)(H,28,29);3-6,11-12,24H,7-10,13H2,1-2H3,(H,26,35)(H,27,28);2*1-2H3/t15-;;14-;;;/m0.0.../s1. The minimum absolute atomic E-state index is 0.189. The van der Waals surface area contributed by atoms with Crippen LogP contribution in [0.2, 0.25) is 0 Å². The van der Waals surface area contributed by atoms with Crippen molar-refractivity contribution in [3.8, 4) is 45.0 Å². The summed E-state index contributed by atoms with van der Waals surface area (Å²) in [6.07, 6.45) is 7.31. The van der Waals surface area contributed by atoms with E-state index in [9.17, 15) is 19.2 Å². The van der Waals surface area contributed by atoms with E-state index in [1.54, 1.807) is 18.7 Å². The van der Waals surface area contributed by atoms with Gasteiger partial charge in [0.2, 0.25) is 23.8 Å². The van der Waals surface area contributed by atoms with Gasteiger partial charge in [0.25, 0.3) is 23.6 Å². The topological polar surface area (TPSA) is 514 Å². The molecule has 16 aromatic rings. The quantitative estimate of drug-likeness (QED) is 0.0431. The molecule has 4 saturated heterocycles. The SMILES string of the molecule is CC.CC.CC1=C(C(=O)Nc2ccc3[nH]nc(-c4ccnc(N5CCN(C)CC5)c4)c3c2)Cn2nnnc2N1C.CC1=C(C(=O)Nc2ccc3[nH]nc(-c4ccnc(N5CCN(C)[C@@H](C)C5)c4)c3c2)Cn2nnnc2N1C.CC1=C(C(=O)Nc2ccc3[nH]nc(-c4ccnc(N5CCNCC5)c4)c3c2)Cn2nnnc2N1C.CC1=C(C(=O)Nc2ccc3[nH]nc(-c4ccnc(N5CCN[C@@H](C)C5)c4)c3c2)Cn2nnnc2N1C. The molecule has 0 spiro atoms. The minimum atomic E-state index is -0.191. The van der Waals surface area contributed by atoms with Crippen molar-refractivity contribution in [1.29, 1.82) is 0 Å². The minimum Gasteiger partial charge on any atom is -0.354 e. The zero-order chi connectivity index (χ0) is 103. The highest BCUT2D eigenvalue weighted by atomic mass is 16.2. The predicted molar refractivity (Wildman–Crippen MR) is 569 cm³/mol. The molecular formula is C100H120N44O4. The molecule has 148 heavy (non-hydrogen) atoms. The number of piperazine rings is 4. The molecule has 0 radical (unpaired) electrons. The fraction of sp³-hybridized carbons (Fsp3) is 0.360. The average molecular weight is 2000 g/mol. The number of pyridine rings is 4. The Morgan fingerprint density at radius 3 is 0.919 bits per heavy atom. The van der Waals surface area contributed by atoms with Crippen molar-refractivity contribution >= 4 is 137 Å². The highest BCUT2D eigenvalue weighted by Crippen LogP contribution is 2.39. The zero-order valence-corrected chi connectivity index (χ0v) is 85.6. The second kappa shape index (κ2) is 43.3. The Kier molecular flexibility index (Phi) is 29.1. The van der Waals surface area contributed by atoms with Crippen molar-refractivity contribution in [3.63, 3.8) is 0 Å². The number of rotatable bonds is 16. The Morgan fingerprint density at radius 1 is 0.331 bits per heavy atom. The number of aromatic nitrogens is 28. The lowest BCUT2D eigenvalue weighted by Gasteiger charge is -2.38. The number of nitrogens with one attached hydrogen (secondary N) is 10. The Bertz CT molecular complexity index is 7720. The molecule has 48 nitrogen and oxygen atoms in total. The van der Waals surface area contributed by atoms with E-state index in [2.05, 4.69) is 236 Å². The number of carbonyl (C=O) groups is 4. The maximum atomic E-state index is 13.2. The van der Waals surface area contributed by atoms with Gasteiger partial charge in [-0.05, 0) is 219 Å². The first-order valence-electron chi connectivity index (χ1n) is 49.6. The average Bonchev–Trinajstić information content (AvgIpc) is 1.59. The predicted octanol–water partition coefficient (Wildman–Crippen LogP) is 9.05. The van der Waals surface area contributed by atoms with Crippen LogP contribution in [0, 0.1) is 0 Å². The summed E-state index contributed by atoms with van der Waals surface area (Å²) in [5.74, 6) is 5.47. The van der Waals surface area contributed by atoms with Crippen LogP contribution in [-0.2, 0) is 45.4 Å². The number of likely N-dealkylation sites (N-methyl/N-ethyl adjacent to an activating group) is 2. The molecule has 0 aliphatic carbocycles. The van der Waals surface area contributed by atoms with Crippen LogP contribution in [0.25, 0.3) is 88.6 Å². The molecule has 8 aliphatic heterocycles. The van der Waals surface area contributed by atoms with Gasteiger partial charge in [0, 0.05) is 246 Å². The van der Waals surface area contributed by atoms with Crippen LogP contribution < -0.4 is 71.1 Å². The van der Waals surface area contributed by atoms with Gasteiger partial charge in [0.1, 0.15) is 46.0 Å². The summed E-state index contributed by atoms with van der Waals surface area (Å²) in [6, 6.07) is 40.1. The van der Waals surface area contributed by atoms with E-state index >= 15 is 0 Å². The number of nitrogens with zero attached hydrogens (tertiary/aromatic N) is 34. The molecule has 764 valence electrons. The van der Waals surface area contributed by atoms with Crippen molar-refractivity contribution in [3.05, 3.63) is 191 Å². The van der Waals surface area contributed by atoms with E-state index in [4.69, 9.17) is 0 Å². The highest BCUT2D eigenvalue weighted by molar-refractivity contribution is 6.10. The van der Waals surface area contributed by atoms with Crippen LogP contribution in [0.5, 0.6) is 0 Å². The summed E-state index contributed by atoms with van der Waals surface area (Å²) in [5, 5.41) is 100. The molecule has 2 atom stereocenters. The fourth-order valence-electron chi connectivity index (χ4n) is 18.9. The van der Waals surface area contributed by atoms with E-state index in [1.165, 1.54) is 0 Å². The molecule has 0 bridgehead atoms. The van der Waals surface area contributed by atoms with Crippen LogP contribution in [0.15, 0.2) is 191 Å². The van der Waals surface area contributed by atoms with Crippen molar-refractivity contribution in [2.24, 2.45) is 0 Å². The Morgan fingerprint density at radius 2 is 0.615 bits per heavy atom. The second-order valence-electron chi connectivity index (χ2n) is 36.9. The van der Waals surface area contributed by atoms with Crippen molar-refractivity contribution in [2.45, 2.75) is 108 Å². The summed E-state index contributed by atoms with van der Waals surface area (Å²) < 4.78 is 6.44. The number of tetrazole rings is 4. The van der Waals surface area contributed by atoms with E-state index in [0.717, 1.165) is 226 Å². The lowest BCUT2D eigenvalue weighted by molar-refractivity contribution is -0.114. The molecule has 4 amide bonds. The number of benzene rings is 4. The van der Waals surface area contributed by atoms with Crippen LogP contribution in [0.3, 0.4) is 0 Å². The van der Waals surface area contributed by atoms with E-state index in [0.29, 0.717) is 107 Å². The van der Waals surface area contributed by atoms with E-state index in [1.807, 2.05) is 225 Å². The van der Waals surface area contributed by atoms with Gasteiger partial charge in [-0.3, -0.25) is 39.6 Å². The Labute approximate surface area is 851 Å². The first-order valence-corrected chi connectivity index (χ1v) is 49.6. The van der Waals surface area contributed by atoms with Gasteiger partial charge in [-0.25, -0.2) is 38.7 Å². The van der Waals surface area contributed by atoms with Crippen LogP contribution in [0.4, 0.5) is 69.8 Å². The van der Waals surface area contributed by atoms with Crippen LogP contribution >= 0.6 is 0 Å². The first kappa shape index (κ1) is 99.5. The van der Waals surface area contributed by atoms with Crippen LogP contribution in [-0.4, -0.2) is 321 Å². The summed E-state index contributed by atoms with van der Waals surface area (Å²) in [7, 11) is 11.7. The third kappa shape index (κ3) is 20.5. The van der Waals surface area contributed by atoms with Crippen molar-refractivity contribution in [2.75, 3.05) is 194 Å². The molecule has 12 aromatic heterocycles. The Balaban J connectivity index is 0.000000123. The molecule has 48 heteroatoms. The molecule has 4 fully saturated rings. The molecule has 10 N–H and O–H groups in total. The fourth-order valence-corrected chi connectivity index (χ4v) is 18.9. The molecule has 4 aromatic carbocycles. The number of anilines is 12. The zero-order valence-electron chi connectivity index (χ0n) is 85.6. The molecule has 0 unspecified atom stereocenters. The van der Waals surface area contributed by atoms with Gasteiger partial charge >= 0.3 is 0 Å². The molecule has 24 rings (SSSR count). The third-order valence-corrected chi connectivity index (χ3v) is 27.9. The lowest BCUT2D eigenvalue weighted by Crippen LogP contribution is -2.50. The summed E-state index contributed by atoms with van der Waals surface area (Å²) in [4.78, 5) is 92.4. The van der Waals surface area contributed by atoms with Gasteiger partial charge < -0.3 is 80.9 Å². The number of fused-ring (bicyclic) bond motifs is 8. The van der Waals surface area contributed by atoms with Crippen LogP contribution in [0.1, 0.15) is 69.2 Å². The first-order chi connectivity index (χ1) is 71.9. The summed E-state index contributed by atoms with van der Waals surface area (Å²) >= 11 is 0. The maximum Gasteiger partial charge on any atom is 0.255 e. The van der Waals surface area contributed by atoms with Gasteiger partial charge in [-0.1, -0.05) is 48.1 Å². The maximum absolute atomic E-state index is 13.2. The summed E-state index contributed by atoms with van der Waals surface area (Å²) in [5.41, 5.74) is 19.2. The number of hydrogen-bond acceptors (Lipinski definition) is 36. The number of hydrogen-bond donors (Lipinski definition) is 10. The lowest BCUT2D eigenvalue weighted by atomic mass is 10.1. The monoisotopic (exact) mass is 2000 g/mol. The number of H-pyrrole nitrogens is 4. The number of aromatic amines is 4. The normalized spacial score (nSPS) is 16.9. The second-order valence-corrected chi connectivity index (χ2v) is 36.9. The summed E-state index contributed by atoms with van der Waals surface area (Å²) in [6.45, 7) is 34.5. The molecule has 0 saturated carbocycles. The highest BCUT2D eigenvalue weighted by Gasteiger charge is 2.34. The Hall–Kier alpha value is -17.3. The van der Waals surface area contributed by atoms with Crippen molar-refractivity contribution in [1.82, 2.24) is 162 Å². The number of carbonyl (C=O) groups excluding carboxylic acids is 4. The number of allylic oxidation sites excluding steroid dienone is 4. The van der Waals surface area contributed by atoms with Gasteiger partial charge in [0.15, 0.2) is 0 Å². The van der Waals surface area contributed by atoms with Gasteiger partial charge in [-0.15, -0.1) is 0 Å². The molecular weight excluding hydrogens is 1880 g/mol. The van der Waals surface area contributed by atoms with Crippen molar-refractivity contribution < 1.29 is 19.2 Å². The molecule has 20 heterocycles. The molecule has 8 aliphatic rings. The van der Waals surface area contributed by atoms with Gasteiger partial charge in [0.05, 0.1) is 70.5 Å². The largest absolute Gasteiger partial charge is 0.354 e. The smallest absolute Gasteiger partial charge is 0.255 e. The number of amides is 4. The van der Waals surface area contributed by atoms with E-state index in [-0.39, 0.29) is 23.6 Å². The van der Waals surface area contributed by atoms with Gasteiger partial charge in [-0.2, -0.15) is 20.4 Å². The van der Waals surface area contributed by atoms with E-state index < -0.39 is 0 Å². The third-order valence-electron chi connectivity index (χ3n) is 27.9.